The van der Waals surface area contributed by atoms with Crippen molar-refractivity contribution >= 4 is 0 Å². The smallest absolute Gasteiger partial charge is 0.197 e. The molecule has 0 amide bonds. The summed E-state index contributed by atoms with van der Waals surface area (Å²) in [6.07, 6.45) is -3.67. The summed E-state index contributed by atoms with van der Waals surface area (Å²) in [6.45, 7) is 0. The lowest BCUT2D eigenvalue weighted by Gasteiger charge is -2.11. The fourth-order valence-corrected chi connectivity index (χ4v) is 2.81. The van der Waals surface area contributed by atoms with Crippen LogP contribution >= 0.6 is 0 Å². The van der Waals surface area contributed by atoms with Crippen LogP contribution in [0.5, 0.6) is 0 Å². The number of rotatable bonds is 2. The Bertz CT molecular complexity index is 683. The van der Waals surface area contributed by atoms with Gasteiger partial charge in [-0.25, -0.2) is 0 Å². The molecule has 2 aromatic rings. The van der Waals surface area contributed by atoms with Crippen molar-refractivity contribution in [3.05, 3.63) is 71.3 Å². The minimum absolute atomic E-state index is 0.0350. The van der Waals surface area contributed by atoms with E-state index in [2.05, 4.69) is 6.07 Å². The third-order valence-corrected chi connectivity index (χ3v) is 4.09. The van der Waals surface area contributed by atoms with Crippen molar-refractivity contribution in [2.45, 2.75) is 23.9 Å². The highest BCUT2D eigenvalue weighted by Gasteiger charge is 2.56. The molecule has 0 radical (unpaired) electrons. The molecule has 106 valence electrons. The normalized spacial score (nSPS) is 24.4. The van der Waals surface area contributed by atoms with Crippen molar-refractivity contribution < 1.29 is 13.2 Å². The number of nitriles is 1. The lowest BCUT2D eigenvalue weighted by molar-refractivity contribution is -0.137. The fourth-order valence-electron chi connectivity index (χ4n) is 2.81. The molecule has 0 aromatic heterocycles. The molecular weight excluding hydrogens is 275 g/mol. The van der Waals surface area contributed by atoms with Crippen LogP contribution in [0.3, 0.4) is 0 Å². The zero-order chi connectivity index (χ0) is 15.1. The van der Waals surface area contributed by atoms with Gasteiger partial charge in [-0.3, -0.25) is 0 Å². The minimum Gasteiger partial charge on any atom is -0.197 e. The summed E-state index contributed by atoms with van der Waals surface area (Å²) in [5.74, 6) is -0.0350. The monoisotopic (exact) mass is 287 g/mol. The molecule has 0 spiro atoms. The standard InChI is InChI=1S/C17H12F3N/c18-17(19,20)14-8-6-12(7-9-14)15-10-16(15,11-21)13-4-2-1-3-5-13/h1-9,15H,10H2/t15-,16-/m1/s1. The van der Waals surface area contributed by atoms with Gasteiger partial charge in [-0.15, -0.1) is 0 Å². The predicted molar refractivity (Wildman–Crippen MR) is 72.5 cm³/mol. The summed E-state index contributed by atoms with van der Waals surface area (Å²) in [7, 11) is 0. The van der Waals surface area contributed by atoms with E-state index in [1.165, 1.54) is 12.1 Å². The number of hydrogen-bond donors (Lipinski definition) is 0. The summed E-state index contributed by atoms with van der Waals surface area (Å²) in [5.41, 5.74) is 0.459. The number of hydrogen-bond acceptors (Lipinski definition) is 1. The van der Waals surface area contributed by atoms with Gasteiger partial charge in [0.05, 0.1) is 17.0 Å². The van der Waals surface area contributed by atoms with Crippen LogP contribution in [0, 0.1) is 11.3 Å². The first kappa shape index (κ1) is 13.7. The van der Waals surface area contributed by atoms with Crippen LogP contribution in [0.4, 0.5) is 13.2 Å². The molecular formula is C17H12F3N. The Morgan fingerprint density at radius 3 is 2.14 bits per heavy atom. The van der Waals surface area contributed by atoms with Crippen molar-refractivity contribution in [1.29, 1.82) is 5.26 Å². The van der Waals surface area contributed by atoms with E-state index in [4.69, 9.17) is 0 Å². The van der Waals surface area contributed by atoms with Gasteiger partial charge >= 0.3 is 6.18 Å². The van der Waals surface area contributed by atoms with Crippen LogP contribution < -0.4 is 0 Å². The summed E-state index contributed by atoms with van der Waals surface area (Å²) in [5, 5.41) is 9.50. The lowest BCUT2D eigenvalue weighted by atomic mass is 9.92. The van der Waals surface area contributed by atoms with E-state index < -0.39 is 17.2 Å². The Morgan fingerprint density at radius 2 is 1.62 bits per heavy atom. The molecule has 0 heterocycles. The third kappa shape index (κ3) is 2.29. The van der Waals surface area contributed by atoms with E-state index in [-0.39, 0.29) is 5.92 Å². The van der Waals surface area contributed by atoms with E-state index >= 15 is 0 Å². The van der Waals surface area contributed by atoms with E-state index in [1.807, 2.05) is 30.3 Å². The molecule has 2 atom stereocenters. The van der Waals surface area contributed by atoms with Crippen molar-refractivity contribution in [3.63, 3.8) is 0 Å². The van der Waals surface area contributed by atoms with Crippen LogP contribution in [-0.4, -0.2) is 0 Å². The number of halogens is 3. The van der Waals surface area contributed by atoms with Gasteiger partial charge in [0.1, 0.15) is 0 Å². The molecule has 3 rings (SSSR count). The van der Waals surface area contributed by atoms with Gasteiger partial charge in [-0.1, -0.05) is 42.5 Å². The number of alkyl halides is 3. The second-order valence-electron chi connectivity index (χ2n) is 5.33. The zero-order valence-corrected chi connectivity index (χ0v) is 11.1. The quantitative estimate of drug-likeness (QED) is 0.788. The lowest BCUT2D eigenvalue weighted by Crippen LogP contribution is -2.07. The van der Waals surface area contributed by atoms with Gasteiger partial charge in [0, 0.05) is 5.92 Å². The highest BCUT2D eigenvalue weighted by Crippen LogP contribution is 2.60. The first-order valence-electron chi connectivity index (χ1n) is 6.61. The predicted octanol–water partition coefficient (Wildman–Crippen LogP) is 4.65. The van der Waals surface area contributed by atoms with Crippen LogP contribution in [0.1, 0.15) is 29.0 Å². The molecule has 2 aromatic carbocycles. The Labute approximate surface area is 120 Å². The highest BCUT2D eigenvalue weighted by molar-refractivity contribution is 5.49. The SMILES string of the molecule is N#C[C@@]1(c2ccccc2)C[C@@H]1c1ccc(C(F)(F)F)cc1. The molecule has 4 heteroatoms. The molecule has 0 unspecified atom stereocenters. The zero-order valence-electron chi connectivity index (χ0n) is 11.1. The summed E-state index contributed by atoms with van der Waals surface area (Å²) >= 11 is 0. The van der Waals surface area contributed by atoms with Crippen molar-refractivity contribution in [1.82, 2.24) is 0 Å². The van der Waals surface area contributed by atoms with Crippen LogP contribution in [0.25, 0.3) is 0 Å². The first-order chi connectivity index (χ1) is 9.97. The van der Waals surface area contributed by atoms with Crippen molar-refractivity contribution in [3.8, 4) is 6.07 Å². The van der Waals surface area contributed by atoms with E-state index in [1.54, 1.807) is 0 Å². The Morgan fingerprint density at radius 1 is 1.00 bits per heavy atom. The summed E-state index contributed by atoms with van der Waals surface area (Å²) in [6, 6.07) is 16.9. The molecule has 1 aliphatic carbocycles. The molecule has 1 fully saturated rings. The van der Waals surface area contributed by atoms with Gasteiger partial charge in [-0.2, -0.15) is 18.4 Å². The molecule has 21 heavy (non-hydrogen) atoms. The maximum Gasteiger partial charge on any atom is 0.416 e. The molecule has 0 aliphatic heterocycles. The van der Waals surface area contributed by atoms with Crippen LogP contribution in [-0.2, 0) is 11.6 Å². The molecule has 1 saturated carbocycles. The van der Waals surface area contributed by atoms with Crippen molar-refractivity contribution in [2.24, 2.45) is 0 Å². The van der Waals surface area contributed by atoms with Crippen LogP contribution in [0.15, 0.2) is 54.6 Å². The topological polar surface area (TPSA) is 23.8 Å². The fraction of sp³-hybridized carbons (Fsp3) is 0.235. The number of nitrogens with zero attached hydrogens (tertiary/aromatic N) is 1. The maximum atomic E-state index is 12.6. The van der Waals surface area contributed by atoms with E-state index in [0.29, 0.717) is 6.42 Å². The van der Waals surface area contributed by atoms with Gasteiger partial charge in [0.25, 0.3) is 0 Å². The Hall–Kier alpha value is -2.28. The average Bonchev–Trinajstić information content (AvgIpc) is 3.23. The maximum absolute atomic E-state index is 12.6. The minimum atomic E-state index is -4.33. The Kier molecular flexibility index (Phi) is 3.02. The largest absolute Gasteiger partial charge is 0.416 e. The average molecular weight is 287 g/mol. The Balaban J connectivity index is 1.89. The number of benzene rings is 2. The molecule has 1 nitrogen and oxygen atoms in total. The van der Waals surface area contributed by atoms with Gasteiger partial charge < -0.3 is 0 Å². The van der Waals surface area contributed by atoms with E-state index in [9.17, 15) is 18.4 Å². The second-order valence-corrected chi connectivity index (χ2v) is 5.33. The van der Waals surface area contributed by atoms with E-state index in [0.717, 1.165) is 23.3 Å². The molecule has 0 bridgehead atoms. The van der Waals surface area contributed by atoms with Gasteiger partial charge in [0.15, 0.2) is 0 Å². The summed E-state index contributed by atoms with van der Waals surface area (Å²) < 4.78 is 37.7. The van der Waals surface area contributed by atoms with Crippen LogP contribution in [0.2, 0.25) is 0 Å². The molecule has 0 saturated heterocycles. The highest BCUT2D eigenvalue weighted by atomic mass is 19.4. The molecule has 0 N–H and O–H groups in total. The van der Waals surface area contributed by atoms with Gasteiger partial charge in [0.2, 0.25) is 0 Å². The second kappa shape index (κ2) is 4.63. The summed E-state index contributed by atoms with van der Waals surface area (Å²) in [4.78, 5) is 0. The van der Waals surface area contributed by atoms with Gasteiger partial charge in [-0.05, 0) is 29.7 Å². The third-order valence-electron chi connectivity index (χ3n) is 4.09. The van der Waals surface area contributed by atoms with Crippen molar-refractivity contribution in [2.75, 3.05) is 0 Å². The first-order valence-corrected chi connectivity index (χ1v) is 6.61. The molecule has 1 aliphatic rings.